The minimum atomic E-state index is -4.38. The van der Waals surface area contributed by atoms with E-state index < -0.39 is 29.9 Å². The van der Waals surface area contributed by atoms with Crippen molar-refractivity contribution in [3.05, 3.63) is 41.8 Å². The Kier molecular flexibility index (Phi) is 5.40. The average molecular weight is 382 g/mol. The zero-order valence-electron chi connectivity index (χ0n) is 15.1. The van der Waals surface area contributed by atoms with Crippen LogP contribution in [0.15, 0.2) is 30.5 Å². The molecule has 2 aromatic rings. The van der Waals surface area contributed by atoms with Crippen molar-refractivity contribution < 1.29 is 22.4 Å². The van der Waals surface area contributed by atoms with Gasteiger partial charge in [-0.15, -0.1) is 0 Å². The van der Waals surface area contributed by atoms with E-state index in [1.54, 1.807) is 6.07 Å². The van der Waals surface area contributed by atoms with E-state index >= 15 is 0 Å². The first-order chi connectivity index (χ1) is 12.7. The van der Waals surface area contributed by atoms with Gasteiger partial charge in [-0.05, 0) is 31.4 Å². The second-order valence-corrected chi connectivity index (χ2v) is 7.70. The number of alkyl halides is 3. The third kappa shape index (κ3) is 4.96. The highest BCUT2D eigenvalue weighted by Crippen LogP contribution is 2.37. The number of hydrogen-bond donors (Lipinski definition) is 1. The van der Waals surface area contributed by atoms with Crippen LogP contribution < -0.4 is 5.32 Å². The summed E-state index contributed by atoms with van der Waals surface area (Å²) in [5.41, 5.74) is -1.15. The van der Waals surface area contributed by atoms with Gasteiger partial charge in [0.25, 0.3) is 5.91 Å². The molecule has 1 saturated carbocycles. The minimum Gasteiger partial charge on any atom is -0.346 e. The maximum absolute atomic E-state index is 13.7. The van der Waals surface area contributed by atoms with Crippen LogP contribution in [0.5, 0.6) is 0 Å². The molecule has 1 aliphatic rings. The average Bonchev–Trinajstić information content (AvgIpc) is 3.05. The number of para-hydroxylation sites is 1. The van der Waals surface area contributed by atoms with Crippen molar-refractivity contribution >= 4 is 16.8 Å². The highest BCUT2D eigenvalue weighted by atomic mass is 19.4. The smallest absolute Gasteiger partial charge is 0.346 e. The van der Waals surface area contributed by atoms with E-state index in [1.165, 1.54) is 31.3 Å². The molecule has 0 aliphatic heterocycles. The summed E-state index contributed by atoms with van der Waals surface area (Å²) in [7, 11) is 0. The lowest BCUT2D eigenvalue weighted by molar-refractivity contribution is -0.149. The maximum atomic E-state index is 13.7. The van der Waals surface area contributed by atoms with Gasteiger partial charge in [-0.25, -0.2) is 4.39 Å². The Morgan fingerprint density at radius 2 is 1.96 bits per heavy atom. The van der Waals surface area contributed by atoms with E-state index in [-0.39, 0.29) is 23.4 Å². The number of amides is 1. The molecule has 1 atom stereocenters. The summed E-state index contributed by atoms with van der Waals surface area (Å²) in [5.74, 6) is -0.956. The van der Waals surface area contributed by atoms with Crippen molar-refractivity contribution in [1.82, 2.24) is 10.3 Å². The first-order valence-corrected chi connectivity index (χ1v) is 9.09. The number of fused-ring (bicyclic) bond motifs is 1. The molecule has 1 aromatic heterocycles. The Labute approximate surface area is 155 Å². The summed E-state index contributed by atoms with van der Waals surface area (Å²) >= 11 is 0. The minimum absolute atomic E-state index is 0.118. The monoisotopic (exact) mass is 382 g/mol. The first kappa shape index (κ1) is 19.6. The summed E-state index contributed by atoms with van der Waals surface area (Å²) in [4.78, 5) is 16.6. The van der Waals surface area contributed by atoms with Crippen molar-refractivity contribution in [2.45, 2.75) is 57.2 Å². The highest BCUT2D eigenvalue weighted by molar-refractivity contribution is 5.97. The van der Waals surface area contributed by atoms with Gasteiger partial charge in [0.2, 0.25) is 0 Å². The molecule has 0 radical (unpaired) electrons. The zero-order chi connectivity index (χ0) is 19.7. The fourth-order valence-electron chi connectivity index (χ4n) is 4.06. The number of carbonyl (C=O) groups is 1. The molecule has 1 unspecified atom stereocenters. The lowest BCUT2D eigenvalue weighted by Crippen LogP contribution is -2.49. The van der Waals surface area contributed by atoms with E-state index in [0.29, 0.717) is 5.39 Å². The predicted molar refractivity (Wildman–Crippen MR) is 94.8 cm³/mol. The van der Waals surface area contributed by atoms with Crippen LogP contribution in [0.25, 0.3) is 10.9 Å². The Balaban J connectivity index is 1.82. The number of benzene rings is 1. The fourth-order valence-corrected chi connectivity index (χ4v) is 4.06. The number of rotatable bonds is 5. The van der Waals surface area contributed by atoms with E-state index in [1.807, 2.05) is 0 Å². The molecule has 1 amide bonds. The van der Waals surface area contributed by atoms with Crippen molar-refractivity contribution in [2.24, 2.45) is 5.92 Å². The molecular weight excluding hydrogens is 360 g/mol. The molecule has 146 valence electrons. The SMILES string of the molecule is CC(CC1CCCC1)(CC(F)(F)F)NC(=O)c1cnc2c(F)cccc2c1. The van der Waals surface area contributed by atoms with Gasteiger partial charge in [0.05, 0.1) is 12.0 Å². The quantitative estimate of drug-likeness (QED) is 0.704. The lowest BCUT2D eigenvalue weighted by Gasteiger charge is -2.34. The van der Waals surface area contributed by atoms with E-state index in [4.69, 9.17) is 0 Å². The molecule has 1 heterocycles. The van der Waals surface area contributed by atoms with Crippen LogP contribution in [0.1, 0.15) is 55.8 Å². The zero-order valence-corrected chi connectivity index (χ0v) is 15.1. The number of aromatic nitrogens is 1. The van der Waals surface area contributed by atoms with Gasteiger partial charge < -0.3 is 5.32 Å². The van der Waals surface area contributed by atoms with Crippen LogP contribution in [-0.4, -0.2) is 22.6 Å². The Morgan fingerprint density at radius 1 is 1.26 bits per heavy atom. The van der Waals surface area contributed by atoms with Gasteiger partial charge in [-0.3, -0.25) is 9.78 Å². The third-order valence-corrected chi connectivity index (χ3v) is 5.14. The van der Waals surface area contributed by atoms with Gasteiger partial charge in [0.15, 0.2) is 0 Å². The van der Waals surface area contributed by atoms with Crippen LogP contribution >= 0.6 is 0 Å². The van der Waals surface area contributed by atoms with Gasteiger partial charge in [0, 0.05) is 17.1 Å². The van der Waals surface area contributed by atoms with Gasteiger partial charge in [0.1, 0.15) is 11.3 Å². The summed E-state index contributed by atoms with van der Waals surface area (Å²) in [6.07, 6.45) is -0.177. The molecule has 1 N–H and O–H groups in total. The highest BCUT2D eigenvalue weighted by Gasteiger charge is 2.42. The molecule has 1 aliphatic carbocycles. The fraction of sp³-hybridized carbons (Fsp3) is 0.500. The van der Waals surface area contributed by atoms with Crippen LogP contribution in [0, 0.1) is 11.7 Å². The number of nitrogens with zero attached hydrogens (tertiary/aromatic N) is 1. The number of carbonyl (C=O) groups excluding carboxylic acids is 1. The van der Waals surface area contributed by atoms with Crippen molar-refractivity contribution in [2.75, 3.05) is 0 Å². The molecule has 7 heteroatoms. The summed E-state index contributed by atoms with van der Waals surface area (Å²) in [6.45, 7) is 1.45. The van der Waals surface area contributed by atoms with Gasteiger partial charge in [-0.1, -0.05) is 37.8 Å². The van der Waals surface area contributed by atoms with E-state index in [9.17, 15) is 22.4 Å². The van der Waals surface area contributed by atoms with Gasteiger partial charge in [-0.2, -0.15) is 13.2 Å². The van der Waals surface area contributed by atoms with Crippen molar-refractivity contribution in [1.29, 1.82) is 0 Å². The number of pyridine rings is 1. The first-order valence-electron chi connectivity index (χ1n) is 9.09. The number of hydrogen-bond acceptors (Lipinski definition) is 2. The van der Waals surface area contributed by atoms with Crippen LogP contribution in [0.4, 0.5) is 17.6 Å². The summed E-state index contributed by atoms with van der Waals surface area (Å²) in [5, 5.41) is 3.01. The Morgan fingerprint density at radius 3 is 2.63 bits per heavy atom. The third-order valence-electron chi connectivity index (χ3n) is 5.14. The summed E-state index contributed by atoms with van der Waals surface area (Å²) < 4.78 is 53.1. The molecule has 0 spiro atoms. The molecular formula is C20H22F4N2O. The van der Waals surface area contributed by atoms with Gasteiger partial charge >= 0.3 is 6.18 Å². The second-order valence-electron chi connectivity index (χ2n) is 7.70. The van der Waals surface area contributed by atoms with Crippen LogP contribution in [0.3, 0.4) is 0 Å². The van der Waals surface area contributed by atoms with E-state index in [0.717, 1.165) is 25.7 Å². The summed E-state index contributed by atoms with van der Waals surface area (Å²) in [6, 6.07) is 5.81. The second kappa shape index (κ2) is 7.44. The number of halogens is 4. The van der Waals surface area contributed by atoms with Crippen molar-refractivity contribution in [3.63, 3.8) is 0 Å². The molecule has 0 saturated heterocycles. The topological polar surface area (TPSA) is 42.0 Å². The maximum Gasteiger partial charge on any atom is 0.391 e. The predicted octanol–water partition coefficient (Wildman–Crippen LogP) is 5.40. The molecule has 27 heavy (non-hydrogen) atoms. The largest absolute Gasteiger partial charge is 0.391 e. The number of nitrogens with one attached hydrogen (secondary N) is 1. The Hall–Kier alpha value is -2.18. The van der Waals surface area contributed by atoms with Crippen molar-refractivity contribution in [3.8, 4) is 0 Å². The Bertz CT molecular complexity index is 830. The molecule has 3 rings (SSSR count). The normalized spacial score (nSPS) is 17.8. The standard InChI is InChI=1S/C20H22F4N2O/c1-19(12-20(22,23)24,10-13-5-2-3-6-13)26-18(27)15-9-14-7-4-8-16(21)17(14)25-11-15/h4,7-9,11,13H,2-3,5-6,10,12H2,1H3,(H,26,27). The molecule has 3 nitrogen and oxygen atoms in total. The lowest BCUT2D eigenvalue weighted by atomic mass is 9.84. The van der Waals surface area contributed by atoms with Crippen LogP contribution in [-0.2, 0) is 0 Å². The molecule has 1 fully saturated rings. The van der Waals surface area contributed by atoms with Crippen LogP contribution in [0.2, 0.25) is 0 Å². The molecule has 1 aromatic carbocycles. The molecule has 0 bridgehead atoms. The van der Waals surface area contributed by atoms with E-state index in [2.05, 4.69) is 10.3 Å².